The molecule has 1 unspecified atom stereocenters. The number of hydrogen-bond donors (Lipinski definition) is 0. The van der Waals surface area contributed by atoms with E-state index in [0.29, 0.717) is 6.10 Å². The first-order chi connectivity index (χ1) is 5.97. The molecule has 0 radical (unpaired) electrons. The molecule has 2 atom stereocenters. The standard InChI is InChI=1S/C10H18O3/c1-7(9(11)12-4)5-6-8-10(2,3)13-8/h7-8H,5-6H2,1-4H3/t7-,8?/m0/s1. The van der Waals surface area contributed by atoms with Crippen LogP contribution in [0.25, 0.3) is 0 Å². The molecule has 1 aliphatic rings. The highest BCUT2D eigenvalue weighted by Crippen LogP contribution is 2.38. The van der Waals surface area contributed by atoms with Gasteiger partial charge in [-0.2, -0.15) is 0 Å². The van der Waals surface area contributed by atoms with Gasteiger partial charge in [0, 0.05) is 0 Å². The molecule has 3 heteroatoms. The summed E-state index contributed by atoms with van der Waals surface area (Å²) in [5.74, 6) is -0.136. The predicted octanol–water partition coefficient (Wildman–Crippen LogP) is 1.75. The first-order valence-corrected chi connectivity index (χ1v) is 4.73. The lowest BCUT2D eigenvalue weighted by Crippen LogP contribution is -2.14. The Morgan fingerprint density at radius 2 is 2.15 bits per heavy atom. The minimum absolute atomic E-state index is 0.00926. The molecule has 0 aromatic rings. The van der Waals surface area contributed by atoms with Crippen molar-refractivity contribution in [2.75, 3.05) is 7.11 Å². The number of methoxy groups -OCH3 is 1. The molecule has 1 rings (SSSR count). The number of esters is 1. The van der Waals surface area contributed by atoms with Crippen molar-refractivity contribution in [2.45, 2.75) is 45.3 Å². The van der Waals surface area contributed by atoms with Crippen LogP contribution in [0.5, 0.6) is 0 Å². The summed E-state index contributed by atoms with van der Waals surface area (Å²) in [5.41, 5.74) is 0.0375. The van der Waals surface area contributed by atoms with E-state index in [4.69, 9.17) is 4.74 Å². The van der Waals surface area contributed by atoms with Crippen LogP contribution in [0.2, 0.25) is 0 Å². The lowest BCUT2D eigenvalue weighted by atomic mass is 10.00. The molecule has 1 heterocycles. The third-order valence-electron chi connectivity index (χ3n) is 2.63. The quantitative estimate of drug-likeness (QED) is 0.496. The fraction of sp³-hybridized carbons (Fsp3) is 0.900. The lowest BCUT2D eigenvalue weighted by molar-refractivity contribution is -0.145. The largest absolute Gasteiger partial charge is 0.469 e. The molecule has 0 aliphatic carbocycles. The van der Waals surface area contributed by atoms with Crippen LogP contribution >= 0.6 is 0 Å². The molecule has 0 spiro atoms. The zero-order chi connectivity index (χ0) is 10.1. The highest BCUT2D eigenvalue weighted by atomic mass is 16.6. The molecule has 0 bridgehead atoms. The smallest absolute Gasteiger partial charge is 0.308 e. The van der Waals surface area contributed by atoms with E-state index >= 15 is 0 Å². The molecule has 1 saturated heterocycles. The summed E-state index contributed by atoms with van der Waals surface area (Å²) in [6.45, 7) is 6.03. The van der Waals surface area contributed by atoms with Crippen LogP contribution < -0.4 is 0 Å². The second kappa shape index (κ2) is 3.66. The summed E-state index contributed by atoms with van der Waals surface area (Å²) in [6.07, 6.45) is 2.13. The van der Waals surface area contributed by atoms with Crippen LogP contribution in [0.3, 0.4) is 0 Å². The summed E-state index contributed by atoms with van der Waals surface area (Å²) >= 11 is 0. The van der Waals surface area contributed by atoms with Crippen molar-refractivity contribution in [3.63, 3.8) is 0 Å². The van der Waals surface area contributed by atoms with Gasteiger partial charge in [0.15, 0.2) is 0 Å². The first kappa shape index (κ1) is 10.5. The molecule has 0 amide bonds. The summed E-state index contributed by atoms with van der Waals surface area (Å²) in [5, 5.41) is 0. The maximum absolute atomic E-state index is 11.0. The van der Waals surface area contributed by atoms with E-state index in [0.717, 1.165) is 12.8 Å². The molecule has 76 valence electrons. The Labute approximate surface area is 79.4 Å². The average molecular weight is 186 g/mol. The normalized spacial score (nSPS) is 26.6. The fourth-order valence-corrected chi connectivity index (χ4v) is 1.46. The van der Waals surface area contributed by atoms with Gasteiger partial charge in [0.25, 0.3) is 0 Å². The van der Waals surface area contributed by atoms with E-state index in [2.05, 4.69) is 18.6 Å². The van der Waals surface area contributed by atoms with Gasteiger partial charge in [0.1, 0.15) is 0 Å². The number of carbonyl (C=O) groups is 1. The maximum atomic E-state index is 11.0. The summed E-state index contributed by atoms with van der Waals surface area (Å²) in [6, 6.07) is 0. The van der Waals surface area contributed by atoms with Crippen molar-refractivity contribution in [3.8, 4) is 0 Å². The zero-order valence-electron chi connectivity index (χ0n) is 8.79. The number of ether oxygens (including phenoxy) is 2. The molecule has 13 heavy (non-hydrogen) atoms. The van der Waals surface area contributed by atoms with E-state index < -0.39 is 0 Å². The number of rotatable bonds is 4. The van der Waals surface area contributed by atoms with E-state index in [1.807, 2.05) is 6.92 Å². The molecule has 0 aromatic carbocycles. The molecule has 3 nitrogen and oxygen atoms in total. The minimum atomic E-state index is -0.126. The minimum Gasteiger partial charge on any atom is -0.469 e. The Balaban J connectivity index is 2.17. The molecular weight excluding hydrogens is 168 g/mol. The summed E-state index contributed by atoms with van der Waals surface area (Å²) in [4.78, 5) is 11.0. The lowest BCUT2D eigenvalue weighted by Gasteiger charge is -2.07. The second-order valence-electron chi connectivity index (χ2n) is 4.21. The molecule has 1 aliphatic heterocycles. The van der Waals surface area contributed by atoms with Gasteiger partial charge in [0.05, 0.1) is 24.7 Å². The topological polar surface area (TPSA) is 38.8 Å². The van der Waals surface area contributed by atoms with E-state index in [1.54, 1.807) is 0 Å². The Morgan fingerprint density at radius 1 is 1.62 bits per heavy atom. The van der Waals surface area contributed by atoms with Crippen LogP contribution in [-0.4, -0.2) is 24.8 Å². The van der Waals surface area contributed by atoms with Crippen LogP contribution in [0.4, 0.5) is 0 Å². The number of epoxide rings is 1. The second-order valence-corrected chi connectivity index (χ2v) is 4.21. The van der Waals surface area contributed by atoms with Crippen molar-refractivity contribution < 1.29 is 14.3 Å². The Morgan fingerprint density at radius 3 is 2.54 bits per heavy atom. The average Bonchev–Trinajstić information content (AvgIpc) is 2.68. The van der Waals surface area contributed by atoms with Gasteiger partial charge in [-0.05, 0) is 26.7 Å². The Kier molecular flexibility index (Phi) is 2.96. The van der Waals surface area contributed by atoms with Gasteiger partial charge in [-0.15, -0.1) is 0 Å². The maximum Gasteiger partial charge on any atom is 0.308 e. The van der Waals surface area contributed by atoms with Crippen molar-refractivity contribution in [2.24, 2.45) is 5.92 Å². The van der Waals surface area contributed by atoms with Gasteiger partial charge >= 0.3 is 5.97 Å². The van der Waals surface area contributed by atoms with Crippen molar-refractivity contribution in [1.82, 2.24) is 0 Å². The zero-order valence-corrected chi connectivity index (χ0v) is 8.79. The molecule has 0 N–H and O–H groups in total. The van der Waals surface area contributed by atoms with Crippen LogP contribution in [0.1, 0.15) is 33.6 Å². The molecule has 1 fully saturated rings. The van der Waals surface area contributed by atoms with Crippen LogP contribution in [-0.2, 0) is 14.3 Å². The van der Waals surface area contributed by atoms with E-state index in [1.165, 1.54) is 7.11 Å². The van der Waals surface area contributed by atoms with E-state index in [9.17, 15) is 4.79 Å². The predicted molar refractivity (Wildman–Crippen MR) is 49.4 cm³/mol. The highest BCUT2D eigenvalue weighted by molar-refractivity contribution is 5.71. The van der Waals surface area contributed by atoms with Crippen molar-refractivity contribution in [1.29, 1.82) is 0 Å². The van der Waals surface area contributed by atoms with Gasteiger partial charge < -0.3 is 9.47 Å². The van der Waals surface area contributed by atoms with Gasteiger partial charge in [0.2, 0.25) is 0 Å². The highest BCUT2D eigenvalue weighted by Gasteiger charge is 2.47. The monoisotopic (exact) mass is 186 g/mol. The van der Waals surface area contributed by atoms with Gasteiger partial charge in [-0.25, -0.2) is 0 Å². The first-order valence-electron chi connectivity index (χ1n) is 4.73. The Hall–Kier alpha value is -0.570. The molecule has 0 aromatic heterocycles. The van der Waals surface area contributed by atoms with Crippen LogP contribution in [0, 0.1) is 5.92 Å². The molecule has 0 saturated carbocycles. The third-order valence-corrected chi connectivity index (χ3v) is 2.63. The third kappa shape index (κ3) is 2.69. The SMILES string of the molecule is COC(=O)[C@@H](C)CCC1OC1(C)C. The van der Waals surface area contributed by atoms with Crippen molar-refractivity contribution in [3.05, 3.63) is 0 Å². The van der Waals surface area contributed by atoms with Crippen molar-refractivity contribution >= 4 is 5.97 Å². The summed E-state index contributed by atoms with van der Waals surface area (Å²) in [7, 11) is 1.43. The fourth-order valence-electron chi connectivity index (χ4n) is 1.46. The van der Waals surface area contributed by atoms with E-state index in [-0.39, 0.29) is 17.5 Å². The van der Waals surface area contributed by atoms with Gasteiger partial charge in [-0.1, -0.05) is 6.92 Å². The molecular formula is C10H18O3. The van der Waals surface area contributed by atoms with Gasteiger partial charge in [-0.3, -0.25) is 4.79 Å². The summed E-state index contributed by atoms with van der Waals surface area (Å²) < 4.78 is 10.1. The Bertz CT molecular complexity index is 198. The number of carbonyl (C=O) groups excluding carboxylic acids is 1. The van der Waals surface area contributed by atoms with Crippen LogP contribution in [0.15, 0.2) is 0 Å². The number of hydrogen-bond acceptors (Lipinski definition) is 3.